The predicted octanol–water partition coefficient (Wildman–Crippen LogP) is 8.73. The Labute approximate surface area is 293 Å². The number of Topliss-reactive ketones (excluding diaryl/α,β-unsaturated/α-hetero) is 1. The Morgan fingerprint density at radius 2 is 1.67 bits per heavy atom. The van der Waals surface area contributed by atoms with Gasteiger partial charge in [0.15, 0.2) is 14.1 Å². The molecule has 5 rings (SSSR count). The Morgan fingerprint density at radius 3 is 2.29 bits per heavy atom. The summed E-state index contributed by atoms with van der Waals surface area (Å²) in [5.41, 5.74) is 0.616. The van der Waals surface area contributed by atoms with E-state index in [1.54, 1.807) is 54.6 Å². The van der Waals surface area contributed by atoms with Gasteiger partial charge in [-0.15, -0.1) is 0 Å². The Bertz CT molecular complexity index is 1750. The fourth-order valence-corrected chi connectivity index (χ4v) is 7.94. The van der Waals surface area contributed by atoms with E-state index in [1.165, 1.54) is 6.07 Å². The Balaban J connectivity index is 1.51. The third-order valence-electron chi connectivity index (χ3n) is 10.1. The molecular formula is C37H44Cl2FN3O4Si. The molecule has 3 aromatic carbocycles. The quantitative estimate of drug-likeness (QED) is 0.160. The van der Waals surface area contributed by atoms with Crippen LogP contribution in [0.2, 0.25) is 28.2 Å². The van der Waals surface area contributed by atoms with Crippen molar-refractivity contribution < 1.29 is 23.2 Å². The number of anilines is 2. The molecule has 0 saturated carbocycles. The maximum atomic E-state index is 16.0. The van der Waals surface area contributed by atoms with Gasteiger partial charge in [-0.1, -0.05) is 82.9 Å². The molecule has 3 N–H and O–H groups in total. The van der Waals surface area contributed by atoms with Crippen molar-refractivity contribution in [1.29, 1.82) is 0 Å². The molecule has 2 heterocycles. The average Bonchev–Trinajstić information content (AvgIpc) is 3.46. The Hall–Kier alpha value is -3.08. The van der Waals surface area contributed by atoms with Crippen LogP contribution in [-0.4, -0.2) is 44.6 Å². The van der Waals surface area contributed by atoms with Crippen LogP contribution in [-0.2, 0) is 19.4 Å². The van der Waals surface area contributed by atoms with Gasteiger partial charge in [0.05, 0.1) is 17.7 Å². The van der Waals surface area contributed by atoms with E-state index in [1.807, 2.05) is 0 Å². The normalized spacial score (nSPS) is 22.5. The Morgan fingerprint density at radius 1 is 1.00 bits per heavy atom. The summed E-state index contributed by atoms with van der Waals surface area (Å²) in [6.45, 7) is 16.7. The minimum Gasteiger partial charge on any atom is -0.409 e. The topological polar surface area (TPSA) is 96.5 Å². The van der Waals surface area contributed by atoms with Gasteiger partial charge < -0.3 is 20.4 Å². The van der Waals surface area contributed by atoms with Gasteiger partial charge in [0, 0.05) is 33.9 Å². The number of carbonyl (C=O) groups is 3. The molecule has 48 heavy (non-hydrogen) atoms. The summed E-state index contributed by atoms with van der Waals surface area (Å²) in [6, 6.07) is 14.8. The monoisotopic (exact) mass is 711 g/mol. The molecule has 0 radical (unpaired) electrons. The second-order valence-electron chi connectivity index (χ2n) is 15.6. The van der Waals surface area contributed by atoms with Crippen LogP contribution in [0.1, 0.15) is 75.4 Å². The highest BCUT2D eigenvalue weighted by Crippen LogP contribution is 2.57. The number of ketones is 1. The van der Waals surface area contributed by atoms with E-state index in [4.69, 9.17) is 27.6 Å². The zero-order valence-electron chi connectivity index (χ0n) is 28.7. The molecule has 2 amide bonds. The van der Waals surface area contributed by atoms with E-state index >= 15 is 4.39 Å². The van der Waals surface area contributed by atoms with Crippen molar-refractivity contribution in [2.75, 3.05) is 17.2 Å². The standard InChI is InChI=1S/C37H44Cl2FN3O4Si/c1-35(2,3)19-29-37(25-17-14-22(38)18-27(25)42-34(37)46)30(24-10-9-11-26(39)31(24)40)32(43-29)33(45)41-23-15-12-21(13-16-23)28(44)20-47-48(7,8)36(4,5)6/h9-18,29-30,32,43H,19-20H2,1-8H3,(H,41,45)(H,42,46)/t29-,30+,32+,37?/m0/s1. The second-order valence-corrected chi connectivity index (χ2v) is 21.3. The van der Waals surface area contributed by atoms with Gasteiger partial charge in [0.1, 0.15) is 11.2 Å². The highest BCUT2D eigenvalue weighted by molar-refractivity contribution is 6.74. The number of hydrogen-bond donors (Lipinski definition) is 3. The van der Waals surface area contributed by atoms with Crippen LogP contribution >= 0.6 is 23.2 Å². The highest BCUT2D eigenvalue weighted by Gasteiger charge is 2.66. The first-order valence-corrected chi connectivity index (χ1v) is 19.8. The maximum absolute atomic E-state index is 16.0. The van der Waals surface area contributed by atoms with Gasteiger partial charge in [0.25, 0.3) is 0 Å². The number of rotatable bonds is 8. The number of hydrogen-bond acceptors (Lipinski definition) is 5. The van der Waals surface area contributed by atoms with Crippen LogP contribution in [0, 0.1) is 11.2 Å². The summed E-state index contributed by atoms with van der Waals surface area (Å²) < 4.78 is 22.1. The molecule has 2 aliphatic rings. The molecule has 3 aromatic rings. The first-order valence-electron chi connectivity index (χ1n) is 16.2. The van der Waals surface area contributed by atoms with Crippen molar-refractivity contribution in [2.24, 2.45) is 5.41 Å². The van der Waals surface area contributed by atoms with E-state index in [9.17, 15) is 14.4 Å². The smallest absolute Gasteiger partial charge is 0.242 e. The number of fused-ring (bicyclic) bond motifs is 2. The third kappa shape index (κ3) is 6.72. The van der Waals surface area contributed by atoms with Gasteiger partial charge in [-0.2, -0.15) is 0 Å². The van der Waals surface area contributed by atoms with Crippen LogP contribution in [0.5, 0.6) is 0 Å². The molecule has 7 nitrogen and oxygen atoms in total. The summed E-state index contributed by atoms with van der Waals surface area (Å²) in [6.07, 6.45) is 0.499. The van der Waals surface area contributed by atoms with Crippen molar-refractivity contribution >= 4 is 60.5 Å². The van der Waals surface area contributed by atoms with E-state index in [0.29, 0.717) is 33.9 Å². The van der Waals surface area contributed by atoms with Gasteiger partial charge in [-0.3, -0.25) is 14.4 Å². The van der Waals surface area contributed by atoms with Crippen LogP contribution < -0.4 is 16.0 Å². The fourth-order valence-electron chi connectivity index (χ4n) is 6.66. The maximum Gasteiger partial charge on any atom is 0.242 e. The molecule has 11 heteroatoms. The molecule has 1 unspecified atom stereocenters. The molecule has 1 spiro atoms. The lowest BCUT2D eigenvalue weighted by Gasteiger charge is -2.37. The van der Waals surface area contributed by atoms with Crippen molar-refractivity contribution in [3.8, 4) is 0 Å². The lowest BCUT2D eigenvalue weighted by molar-refractivity contribution is -0.122. The highest BCUT2D eigenvalue weighted by atomic mass is 35.5. The first-order chi connectivity index (χ1) is 22.3. The van der Waals surface area contributed by atoms with Crippen LogP contribution in [0.15, 0.2) is 60.7 Å². The molecular weight excluding hydrogens is 668 g/mol. The second kappa shape index (κ2) is 13.0. The van der Waals surface area contributed by atoms with Gasteiger partial charge in [0.2, 0.25) is 11.8 Å². The summed E-state index contributed by atoms with van der Waals surface area (Å²) in [5.74, 6) is -2.60. The predicted molar refractivity (Wildman–Crippen MR) is 193 cm³/mol. The number of carbonyl (C=O) groups excluding carboxylic acids is 3. The zero-order valence-corrected chi connectivity index (χ0v) is 31.2. The first kappa shape index (κ1) is 36.2. The van der Waals surface area contributed by atoms with E-state index < -0.39 is 43.5 Å². The fraction of sp³-hybridized carbons (Fsp3) is 0.432. The largest absolute Gasteiger partial charge is 0.409 e. The third-order valence-corrected chi connectivity index (χ3v) is 15.1. The lowest BCUT2D eigenvalue weighted by Crippen LogP contribution is -2.49. The van der Waals surface area contributed by atoms with E-state index in [0.717, 1.165) is 0 Å². The molecule has 0 aliphatic carbocycles. The minimum absolute atomic E-state index is 0.0208. The molecule has 0 aromatic heterocycles. The van der Waals surface area contributed by atoms with Gasteiger partial charge in [-0.05, 0) is 83.6 Å². The van der Waals surface area contributed by atoms with Crippen molar-refractivity contribution in [1.82, 2.24) is 5.32 Å². The molecule has 4 atom stereocenters. The Kier molecular flexibility index (Phi) is 9.80. The van der Waals surface area contributed by atoms with Crippen molar-refractivity contribution in [3.63, 3.8) is 0 Å². The number of benzene rings is 3. The van der Waals surface area contributed by atoms with E-state index in [-0.39, 0.29) is 39.3 Å². The number of nitrogens with one attached hydrogen (secondary N) is 3. The molecule has 2 aliphatic heterocycles. The number of amides is 2. The number of halogens is 3. The SMILES string of the molecule is CC(C)(C)C[C@@H]1N[C@@H](C(=O)Nc2ccc(C(=O)CO[Si](C)(C)C(C)(C)C)cc2)[C@@H](c2cccc(Cl)c2F)C12C(=O)Nc1cc(Cl)ccc12. The summed E-state index contributed by atoms with van der Waals surface area (Å²) >= 11 is 12.6. The summed E-state index contributed by atoms with van der Waals surface area (Å²) in [7, 11) is -2.11. The lowest BCUT2D eigenvalue weighted by atomic mass is 9.62. The van der Waals surface area contributed by atoms with Crippen molar-refractivity contribution in [2.45, 2.75) is 89.5 Å². The van der Waals surface area contributed by atoms with Gasteiger partial charge >= 0.3 is 0 Å². The summed E-state index contributed by atoms with van der Waals surface area (Å²) in [4.78, 5) is 41.6. The van der Waals surface area contributed by atoms with E-state index in [2.05, 4.69) is 70.6 Å². The zero-order chi connectivity index (χ0) is 35.4. The van der Waals surface area contributed by atoms with Crippen LogP contribution in [0.3, 0.4) is 0 Å². The van der Waals surface area contributed by atoms with Crippen LogP contribution in [0.25, 0.3) is 0 Å². The molecule has 1 fully saturated rings. The van der Waals surface area contributed by atoms with Gasteiger partial charge in [-0.25, -0.2) is 4.39 Å². The van der Waals surface area contributed by atoms with Crippen molar-refractivity contribution in [3.05, 3.63) is 93.2 Å². The van der Waals surface area contributed by atoms with Crippen LogP contribution in [0.4, 0.5) is 15.8 Å². The minimum atomic E-state index is -2.11. The summed E-state index contributed by atoms with van der Waals surface area (Å²) in [5, 5.41) is 9.72. The molecule has 256 valence electrons. The average molecular weight is 713 g/mol. The molecule has 0 bridgehead atoms. The molecule has 1 saturated heterocycles.